The highest BCUT2D eigenvalue weighted by atomic mass is 16.5. The maximum absolute atomic E-state index is 5.50. The number of morpholine rings is 1. The number of nitrogens with one attached hydrogen (secondary N) is 2. The Kier molecular flexibility index (Phi) is 4.52. The van der Waals surface area contributed by atoms with Crippen molar-refractivity contribution >= 4 is 5.69 Å². The van der Waals surface area contributed by atoms with Crippen molar-refractivity contribution in [2.24, 2.45) is 0 Å². The Morgan fingerprint density at radius 1 is 1.48 bits per heavy atom. The molecule has 112 valence electrons. The second kappa shape index (κ2) is 6.74. The van der Waals surface area contributed by atoms with E-state index >= 15 is 0 Å². The predicted molar refractivity (Wildman–Crippen MR) is 83.9 cm³/mol. The van der Waals surface area contributed by atoms with Crippen molar-refractivity contribution in [3.63, 3.8) is 0 Å². The van der Waals surface area contributed by atoms with Gasteiger partial charge in [0.2, 0.25) is 0 Å². The summed E-state index contributed by atoms with van der Waals surface area (Å²) in [4.78, 5) is 0. The molecule has 1 aliphatic rings. The minimum absolute atomic E-state index is 0.386. The molecular formula is C16H22N4O. The lowest BCUT2D eigenvalue weighted by Crippen LogP contribution is -2.43. The molecule has 1 saturated heterocycles. The number of anilines is 1. The summed E-state index contributed by atoms with van der Waals surface area (Å²) in [6, 6.07) is 11.1. The fourth-order valence-corrected chi connectivity index (χ4v) is 2.70. The minimum atomic E-state index is 0.386. The molecule has 0 aliphatic carbocycles. The van der Waals surface area contributed by atoms with Gasteiger partial charge in [0, 0.05) is 36.7 Å². The predicted octanol–water partition coefficient (Wildman–Crippen LogP) is 2.05. The molecule has 2 atom stereocenters. The van der Waals surface area contributed by atoms with Crippen LogP contribution in [0.3, 0.4) is 0 Å². The molecular weight excluding hydrogens is 264 g/mol. The van der Waals surface area contributed by atoms with Crippen molar-refractivity contribution in [1.82, 2.24) is 15.1 Å². The molecule has 3 rings (SSSR count). The van der Waals surface area contributed by atoms with Gasteiger partial charge in [-0.05, 0) is 37.6 Å². The normalized spacial score (nSPS) is 20.1. The summed E-state index contributed by atoms with van der Waals surface area (Å²) in [5.41, 5.74) is 2.18. The van der Waals surface area contributed by atoms with Gasteiger partial charge in [0.25, 0.3) is 0 Å². The molecule has 1 aromatic heterocycles. The van der Waals surface area contributed by atoms with Crippen molar-refractivity contribution in [3.05, 3.63) is 42.7 Å². The summed E-state index contributed by atoms with van der Waals surface area (Å²) in [7, 11) is 0. The molecule has 1 aromatic carbocycles. The highest BCUT2D eigenvalue weighted by molar-refractivity contribution is 5.51. The van der Waals surface area contributed by atoms with Crippen LogP contribution >= 0.6 is 0 Å². The van der Waals surface area contributed by atoms with E-state index < -0.39 is 0 Å². The monoisotopic (exact) mass is 286 g/mol. The molecule has 0 bridgehead atoms. The van der Waals surface area contributed by atoms with E-state index in [0.29, 0.717) is 12.1 Å². The largest absolute Gasteiger partial charge is 0.382 e. The summed E-state index contributed by atoms with van der Waals surface area (Å²) in [5, 5.41) is 11.3. The van der Waals surface area contributed by atoms with Gasteiger partial charge in [0.05, 0.1) is 18.9 Å². The van der Waals surface area contributed by atoms with Gasteiger partial charge in [-0.25, -0.2) is 4.68 Å². The number of nitrogens with zero attached hydrogens (tertiary/aromatic N) is 2. The average Bonchev–Trinajstić information content (AvgIpc) is 3.02. The number of benzene rings is 1. The van der Waals surface area contributed by atoms with Gasteiger partial charge in [-0.2, -0.15) is 5.10 Å². The molecule has 5 nitrogen and oxygen atoms in total. The van der Waals surface area contributed by atoms with Crippen molar-refractivity contribution in [2.75, 3.05) is 25.1 Å². The lowest BCUT2D eigenvalue weighted by Gasteiger charge is -2.27. The van der Waals surface area contributed by atoms with Crippen molar-refractivity contribution in [3.8, 4) is 5.69 Å². The van der Waals surface area contributed by atoms with Gasteiger partial charge < -0.3 is 15.4 Å². The molecule has 2 aromatic rings. The Bertz CT molecular complexity index is 549. The first-order chi connectivity index (χ1) is 10.3. The van der Waals surface area contributed by atoms with Crippen LogP contribution < -0.4 is 10.6 Å². The van der Waals surface area contributed by atoms with E-state index in [9.17, 15) is 0 Å². The first-order valence-corrected chi connectivity index (χ1v) is 7.49. The summed E-state index contributed by atoms with van der Waals surface area (Å²) in [6.45, 7) is 4.78. The number of ether oxygens (including phenoxy) is 1. The molecule has 1 fully saturated rings. The zero-order valence-electron chi connectivity index (χ0n) is 12.3. The second-order valence-electron chi connectivity index (χ2n) is 5.51. The fourth-order valence-electron chi connectivity index (χ4n) is 2.70. The Labute approximate surface area is 125 Å². The molecule has 2 N–H and O–H groups in total. The van der Waals surface area contributed by atoms with Crippen LogP contribution in [0.2, 0.25) is 0 Å². The van der Waals surface area contributed by atoms with E-state index in [0.717, 1.165) is 37.6 Å². The van der Waals surface area contributed by atoms with Crippen LogP contribution in [0.25, 0.3) is 5.69 Å². The smallest absolute Gasteiger partial charge is 0.0666 e. The standard InChI is InChI=1S/C16H22N4O/c1-13(10-15-12-21-9-7-17-15)19-14-4-2-5-16(11-14)20-8-3-6-18-20/h2-6,8,11,13,15,17,19H,7,9-10,12H2,1H3. The summed E-state index contributed by atoms with van der Waals surface area (Å²) in [6.07, 6.45) is 4.79. The maximum Gasteiger partial charge on any atom is 0.0666 e. The summed E-state index contributed by atoms with van der Waals surface area (Å²) in [5.74, 6) is 0. The minimum Gasteiger partial charge on any atom is -0.382 e. The third-order valence-electron chi connectivity index (χ3n) is 3.66. The van der Waals surface area contributed by atoms with Crippen LogP contribution in [0.15, 0.2) is 42.7 Å². The van der Waals surface area contributed by atoms with Gasteiger partial charge in [-0.1, -0.05) is 6.07 Å². The first kappa shape index (κ1) is 14.1. The van der Waals surface area contributed by atoms with E-state index in [2.05, 4.69) is 40.9 Å². The Morgan fingerprint density at radius 3 is 3.19 bits per heavy atom. The summed E-state index contributed by atoms with van der Waals surface area (Å²) < 4.78 is 7.37. The zero-order chi connectivity index (χ0) is 14.5. The van der Waals surface area contributed by atoms with Gasteiger partial charge in [0.15, 0.2) is 0 Å². The topological polar surface area (TPSA) is 51.1 Å². The first-order valence-electron chi connectivity index (χ1n) is 7.49. The highest BCUT2D eigenvalue weighted by Gasteiger charge is 2.16. The van der Waals surface area contributed by atoms with Crippen LogP contribution in [0, 0.1) is 0 Å². The Morgan fingerprint density at radius 2 is 2.43 bits per heavy atom. The average molecular weight is 286 g/mol. The van der Waals surface area contributed by atoms with Crippen LogP contribution in [0.5, 0.6) is 0 Å². The van der Waals surface area contributed by atoms with Gasteiger partial charge >= 0.3 is 0 Å². The van der Waals surface area contributed by atoms with Crippen molar-refractivity contribution in [2.45, 2.75) is 25.4 Å². The van der Waals surface area contributed by atoms with E-state index in [1.807, 2.05) is 23.0 Å². The van der Waals surface area contributed by atoms with E-state index in [-0.39, 0.29) is 0 Å². The Balaban J connectivity index is 1.60. The molecule has 0 amide bonds. The molecule has 5 heteroatoms. The van der Waals surface area contributed by atoms with E-state index in [1.165, 1.54) is 0 Å². The fraction of sp³-hybridized carbons (Fsp3) is 0.438. The lowest BCUT2D eigenvalue weighted by molar-refractivity contribution is 0.0731. The highest BCUT2D eigenvalue weighted by Crippen LogP contribution is 2.16. The Hall–Kier alpha value is -1.85. The number of rotatable bonds is 5. The molecule has 1 aliphatic heterocycles. The van der Waals surface area contributed by atoms with Crippen molar-refractivity contribution in [1.29, 1.82) is 0 Å². The summed E-state index contributed by atoms with van der Waals surface area (Å²) >= 11 is 0. The number of hydrogen-bond donors (Lipinski definition) is 2. The molecule has 2 heterocycles. The number of hydrogen-bond acceptors (Lipinski definition) is 4. The van der Waals surface area contributed by atoms with Crippen molar-refractivity contribution < 1.29 is 4.74 Å². The van der Waals surface area contributed by atoms with Gasteiger partial charge in [-0.15, -0.1) is 0 Å². The van der Waals surface area contributed by atoms with E-state index in [1.54, 1.807) is 6.20 Å². The van der Waals surface area contributed by atoms with Crippen LogP contribution in [0.4, 0.5) is 5.69 Å². The third kappa shape index (κ3) is 3.83. The quantitative estimate of drug-likeness (QED) is 0.883. The molecule has 0 saturated carbocycles. The SMILES string of the molecule is CC(CC1COCCN1)Nc1cccc(-n2cccn2)c1. The molecule has 0 spiro atoms. The second-order valence-corrected chi connectivity index (χ2v) is 5.51. The molecule has 0 radical (unpaired) electrons. The number of aromatic nitrogens is 2. The van der Waals surface area contributed by atoms with Crippen LogP contribution in [-0.4, -0.2) is 41.6 Å². The molecule has 2 unspecified atom stereocenters. The van der Waals surface area contributed by atoms with Crippen LogP contribution in [0.1, 0.15) is 13.3 Å². The lowest BCUT2D eigenvalue weighted by atomic mass is 10.1. The maximum atomic E-state index is 5.50. The van der Waals surface area contributed by atoms with Crippen LogP contribution in [-0.2, 0) is 4.74 Å². The van der Waals surface area contributed by atoms with Gasteiger partial charge in [0.1, 0.15) is 0 Å². The molecule has 21 heavy (non-hydrogen) atoms. The van der Waals surface area contributed by atoms with E-state index in [4.69, 9.17) is 4.74 Å². The van der Waals surface area contributed by atoms with Gasteiger partial charge in [-0.3, -0.25) is 0 Å². The third-order valence-corrected chi connectivity index (χ3v) is 3.66. The zero-order valence-corrected chi connectivity index (χ0v) is 12.3.